The third-order valence-electron chi connectivity index (χ3n) is 4.84. The summed E-state index contributed by atoms with van der Waals surface area (Å²) >= 11 is 6.09. The van der Waals surface area contributed by atoms with Gasteiger partial charge in [-0.05, 0) is 30.5 Å². The fourth-order valence-electron chi connectivity index (χ4n) is 3.49. The van der Waals surface area contributed by atoms with Crippen LogP contribution in [-0.2, 0) is 0 Å². The van der Waals surface area contributed by atoms with E-state index in [0.717, 1.165) is 32.5 Å². The summed E-state index contributed by atoms with van der Waals surface area (Å²) in [5.74, 6) is 1.19. The Balaban J connectivity index is 1.43. The van der Waals surface area contributed by atoms with Crippen LogP contribution in [0.2, 0.25) is 5.02 Å². The van der Waals surface area contributed by atoms with E-state index in [-0.39, 0.29) is 16.7 Å². The number of halogens is 1. The van der Waals surface area contributed by atoms with Crippen molar-refractivity contribution in [3.8, 4) is 5.88 Å². The van der Waals surface area contributed by atoms with Crippen LogP contribution < -0.4 is 20.5 Å². The van der Waals surface area contributed by atoms with E-state index in [1.54, 1.807) is 6.20 Å². The zero-order valence-corrected chi connectivity index (χ0v) is 14.5. The molecular formula is C17H20ClN5O2. The van der Waals surface area contributed by atoms with Crippen molar-refractivity contribution in [2.24, 2.45) is 0 Å². The smallest absolute Gasteiger partial charge is 0.285 e. The van der Waals surface area contributed by atoms with E-state index in [1.165, 1.54) is 5.56 Å². The first-order chi connectivity index (χ1) is 12.2. The monoisotopic (exact) mass is 361 g/mol. The number of hydrogen-bond acceptors (Lipinski definition) is 6. The minimum absolute atomic E-state index is 0.0137. The number of aromatic amines is 1. The maximum absolute atomic E-state index is 11.6. The van der Waals surface area contributed by atoms with Crippen molar-refractivity contribution in [1.82, 2.24) is 20.5 Å². The Morgan fingerprint density at radius 1 is 1.36 bits per heavy atom. The lowest BCUT2D eigenvalue weighted by Crippen LogP contribution is -2.26. The summed E-state index contributed by atoms with van der Waals surface area (Å²) in [6.07, 6.45) is 5.40. The number of nitrogens with one attached hydrogen (secondary N) is 2. The number of pyridine rings is 1. The van der Waals surface area contributed by atoms with Crippen molar-refractivity contribution >= 4 is 17.3 Å². The highest BCUT2D eigenvalue weighted by molar-refractivity contribution is 6.33. The molecule has 0 saturated carbocycles. The third kappa shape index (κ3) is 3.48. The van der Waals surface area contributed by atoms with E-state index in [9.17, 15) is 4.79 Å². The van der Waals surface area contributed by atoms with Gasteiger partial charge in [-0.15, -0.1) is 0 Å². The molecule has 7 nitrogen and oxygen atoms in total. The van der Waals surface area contributed by atoms with E-state index in [4.69, 9.17) is 16.3 Å². The topological polar surface area (TPSA) is 83.1 Å². The lowest BCUT2D eigenvalue weighted by Gasteiger charge is -2.19. The lowest BCUT2D eigenvalue weighted by atomic mass is 10.00. The summed E-state index contributed by atoms with van der Waals surface area (Å²) in [4.78, 5) is 18.0. The van der Waals surface area contributed by atoms with Crippen LogP contribution in [0.3, 0.4) is 0 Å². The molecule has 0 radical (unpaired) electrons. The number of anilines is 1. The molecule has 0 aromatic carbocycles. The number of rotatable bonds is 4. The van der Waals surface area contributed by atoms with Crippen molar-refractivity contribution < 1.29 is 4.74 Å². The van der Waals surface area contributed by atoms with Crippen LogP contribution >= 0.6 is 11.6 Å². The first kappa shape index (κ1) is 16.4. The number of ether oxygens (including phenoxy) is 1. The third-order valence-corrected chi connectivity index (χ3v) is 5.21. The molecular weight excluding hydrogens is 342 g/mol. The van der Waals surface area contributed by atoms with Crippen LogP contribution in [0.25, 0.3) is 0 Å². The van der Waals surface area contributed by atoms with Crippen LogP contribution in [0.15, 0.2) is 29.3 Å². The highest BCUT2D eigenvalue weighted by atomic mass is 35.5. The van der Waals surface area contributed by atoms with Gasteiger partial charge in [-0.2, -0.15) is 5.10 Å². The molecule has 0 amide bonds. The average Bonchev–Trinajstić information content (AvgIpc) is 3.30. The second-order valence-electron chi connectivity index (χ2n) is 6.49. The second kappa shape index (κ2) is 7.01. The molecule has 0 spiro atoms. The van der Waals surface area contributed by atoms with Gasteiger partial charge in [0.05, 0.1) is 18.4 Å². The van der Waals surface area contributed by atoms with Crippen LogP contribution in [-0.4, -0.2) is 47.5 Å². The quantitative estimate of drug-likeness (QED) is 0.859. The zero-order valence-electron chi connectivity index (χ0n) is 13.7. The highest BCUT2D eigenvalue weighted by Crippen LogP contribution is 2.28. The van der Waals surface area contributed by atoms with Crippen LogP contribution in [0.4, 0.5) is 5.69 Å². The van der Waals surface area contributed by atoms with Gasteiger partial charge in [-0.3, -0.25) is 4.79 Å². The maximum Gasteiger partial charge on any atom is 0.285 e. The molecule has 25 heavy (non-hydrogen) atoms. The number of nitrogens with zero attached hydrogens (tertiary/aromatic N) is 3. The molecule has 4 heterocycles. The summed E-state index contributed by atoms with van der Waals surface area (Å²) in [7, 11) is 0. The normalized spacial score (nSPS) is 23.2. The molecule has 2 aliphatic rings. The number of hydrogen-bond donors (Lipinski definition) is 2. The van der Waals surface area contributed by atoms with Gasteiger partial charge in [0.25, 0.3) is 5.56 Å². The van der Waals surface area contributed by atoms with Gasteiger partial charge in [-0.1, -0.05) is 11.6 Å². The molecule has 8 heteroatoms. The van der Waals surface area contributed by atoms with Crippen LogP contribution in [0, 0.1) is 0 Å². The largest absolute Gasteiger partial charge is 0.472 e. The van der Waals surface area contributed by atoms with Gasteiger partial charge in [-0.25, -0.2) is 10.1 Å². The maximum atomic E-state index is 11.6. The number of aromatic nitrogens is 3. The molecule has 1 unspecified atom stereocenters. The summed E-state index contributed by atoms with van der Waals surface area (Å²) < 4.78 is 6.07. The summed E-state index contributed by atoms with van der Waals surface area (Å²) in [5, 5.41) is 9.72. The Labute approximate surface area is 150 Å². The predicted molar refractivity (Wildman–Crippen MR) is 95.6 cm³/mol. The predicted octanol–water partition coefficient (Wildman–Crippen LogP) is 1.55. The minimum atomic E-state index is -0.372. The van der Waals surface area contributed by atoms with Crippen LogP contribution in [0.5, 0.6) is 5.88 Å². The SMILES string of the molecule is O=c1[nH]ncc(N2CC[C@@H](Oc3cc(C4CCNC4)ccn3)C2)c1Cl. The van der Waals surface area contributed by atoms with Crippen molar-refractivity contribution in [3.63, 3.8) is 0 Å². The first-order valence-electron chi connectivity index (χ1n) is 8.52. The Morgan fingerprint density at radius 2 is 2.28 bits per heavy atom. The molecule has 0 aliphatic carbocycles. The van der Waals surface area contributed by atoms with E-state index >= 15 is 0 Å². The Bertz CT molecular complexity index is 806. The summed E-state index contributed by atoms with van der Waals surface area (Å²) in [6, 6.07) is 4.11. The van der Waals surface area contributed by atoms with Gasteiger partial charge in [0.2, 0.25) is 5.88 Å². The van der Waals surface area contributed by atoms with Gasteiger partial charge in [0, 0.05) is 31.8 Å². The second-order valence-corrected chi connectivity index (χ2v) is 6.87. The van der Waals surface area contributed by atoms with Crippen molar-refractivity contribution in [3.05, 3.63) is 45.5 Å². The fraction of sp³-hybridized carbons (Fsp3) is 0.471. The molecule has 4 rings (SSSR count). The molecule has 2 fully saturated rings. The van der Waals surface area contributed by atoms with Crippen molar-refractivity contribution in [2.75, 3.05) is 31.1 Å². The Kier molecular flexibility index (Phi) is 4.59. The number of H-pyrrole nitrogens is 1. The van der Waals surface area contributed by atoms with Gasteiger partial charge in [0.1, 0.15) is 11.1 Å². The minimum Gasteiger partial charge on any atom is -0.472 e. The molecule has 2 N–H and O–H groups in total. The fourth-order valence-corrected chi connectivity index (χ4v) is 3.70. The van der Waals surface area contributed by atoms with E-state index in [0.29, 0.717) is 24.0 Å². The highest BCUT2D eigenvalue weighted by Gasteiger charge is 2.27. The van der Waals surface area contributed by atoms with Crippen molar-refractivity contribution in [2.45, 2.75) is 24.9 Å². The van der Waals surface area contributed by atoms with E-state index in [2.05, 4.69) is 26.6 Å². The average molecular weight is 362 g/mol. The van der Waals surface area contributed by atoms with Crippen LogP contribution in [0.1, 0.15) is 24.3 Å². The zero-order chi connectivity index (χ0) is 17.2. The molecule has 2 aromatic heterocycles. The first-order valence-corrected chi connectivity index (χ1v) is 8.90. The Hall–Kier alpha value is -2.12. The molecule has 0 bridgehead atoms. The summed E-state index contributed by atoms with van der Waals surface area (Å²) in [5.41, 5.74) is 1.55. The van der Waals surface area contributed by atoms with E-state index < -0.39 is 0 Å². The molecule has 132 valence electrons. The van der Waals surface area contributed by atoms with E-state index in [1.807, 2.05) is 17.2 Å². The van der Waals surface area contributed by atoms with Gasteiger partial charge in [0.15, 0.2) is 0 Å². The van der Waals surface area contributed by atoms with Crippen molar-refractivity contribution in [1.29, 1.82) is 0 Å². The molecule has 2 aliphatic heterocycles. The molecule has 2 aromatic rings. The standard InChI is InChI=1S/C17H20ClN5O2/c18-16-14(9-21-22-17(16)24)23-6-3-13(10-23)25-15-7-11(2-5-20-15)12-1-4-19-8-12/h2,5,7,9,12-13,19H,1,3-4,6,8,10H2,(H,22,24)/t12?,13-/m1/s1. The van der Waals surface area contributed by atoms with Gasteiger partial charge < -0.3 is 15.0 Å². The lowest BCUT2D eigenvalue weighted by molar-refractivity contribution is 0.215. The summed E-state index contributed by atoms with van der Waals surface area (Å²) in [6.45, 7) is 3.49. The van der Waals surface area contributed by atoms with Gasteiger partial charge >= 0.3 is 0 Å². The Morgan fingerprint density at radius 3 is 3.12 bits per heavy atom. The molecule has 2 saturated heterocycles. The molecule has 2 atom stereocenters.